The van der Waals surface area contributed by atoms with Crippen molar-refractivity contribution in [1.82, 2.24) is 9.78 Å². The molecule has 1 aliphatic heterocycles. The third-order valence-electron chi connectivity index (χ3n) is 7.63. The first-order chi connectivity index (χ1) is 20.4. The highest BCUT2D eigenvalue weighted by atomic mass is 19.1. The van der Waals surface area contributed by atoms with Gasteiger partial charge in [-0.2, -0.15) is 5.10 Å². The van der Waals surface area contributed by atoms with Crippen LogP contribution < -0.4 is 11.1 Å². The average Bonchev–Trinajstić information content (AvgIpc) is 3.17. The number of hydrogen-bond donors (Lipinski definition) is 2. The van der Waals surface area contributed by atoms with E-state index in [1.54, 1.807) is 17.7 Å². The zero-order valence-corrected chi connectivity index (χ0v) is 26.5. The van der Waals surface area contributed by atoms with E-state index in [9.17, 15) is 19.2 Å². The average molecular weight is 617 g/mol. The molecule has 1 saturated heterocycles. The molecule has 0 spiro atoms. The van der Waals surface area contributed by atoms with Crippen LogP contribution in [0.1, 0.15) is 78.6 Å². The molecule has 0 bridgehead atoms. The zero-order valence-electron chi connectivity index (χ0n) is 26.5. The van der Waals surface area contributed by atoms with Crippen molar-refractivity contribution in [2.45, 2.75) is 78.2 Å². The number of benzene rings is 1. The largest absolute Gasteiger partial charge is 0.456 e. The molecule has 44 heavy (non-hydrogen) atoms. The van der Waals surface area contributed by atoms with Crippen LogP contribution in [0.15, 0.2) is 12.1 Å². The molecule has 2 aromatic rings. The third kappa shape index (κ3) is 8.00. The Bertz CT molecular complexity index is 1460. The predicted octanol–water partition coefficient (Wildman–Crippen LogP) is 3.06. The van der Waals surface area contributed by atoms with E-state index in [4.69, 9.17) is 19.9 Å². The molecule has 2 heterocycles. The van der Waals surface area contributed by atoms with Crippen molar-refractivity contribution in [3.8, 4) is 5.69 Å². The number of fused-ring (bicyclic) bond motifs is 1. The van der Waals surface area contributed by atoms with Gasteiger partial charge in [0.1, 0.15) is 12.4 Å². The molecule has 240 valence electrons. The maximum absolute atomic E-state index is 15.5. The summed E-state index contributed by atoms with van der Waals surface area (Å²) in [5, 5.41) is 7.77. The Morgan fingerprint density at radius 1 is 1.25 bits per heavy atom. The number of esters is 2. The van der Waals surface area contributed by atoms with Crippen LogP contribution in [-0.4, -0.2) is 90.6 Å². The first kappa shape index (κ1) is 33.1. The Morgan fingerprint density at radius 3 is 2.59 bits per heavy atom. The summed E-state index contributed by atoms with van der Waals surface area (Å²) < 4.78 is 34.1. The van der Waals surface area contributed by atoms with Crippen molar-refractivity contribution in [3.63, 3.8) is 0 Å². The second-order valence-corrected chi connectivity index (χ2v) is 13.5. The van der Waals surface area contributed by atoms with Crippen molar-refractivity contribution < 1.29 is 42.3 Å². The first-order valence-corrected chi connectivity index (χ1v) is 14.7. The number of aromatic nitrogens is 2. The molecule has 2 aliphatic rings. The Balaban J connectivity index is 1.54. The van der Waals surface area contributed by atoms with Crippen molar-refractivity contribution in [2.24, 2.45) is 11.1 Å². The molecule has 1 aromatic heterocycles. The lowest BCUT2D eigenvalue weighted by molar-refractivity contribution is -0.873. The number of primary amides is 1. The quantitative estimate of drug-likeness (QED) is 0.303. The normalized spacial score (nSPS) is 20.4. The highest BCUT2D eigenvalue weighted by Gasteiger charge is 2.36. The molecule has 1 fully saturated rings. The first-order valence-electron chi connectivity index (χ1n) is 14.7. The van der Waals surface area contributed by atoms with Gasteiger partial charge in [0.2, 0.25) is 6.29 Å². The second kappa shape index (κ2) is 12.6. The van der Waals surface area contributed by atoms with Gasteiger partial charge in [-0.25, -0.2) is 9.07 Å². The maximum Gasteiger partial charge on any atom is 0.312 e. The molecule has 1 amide bonds. The summed E-state index contributed by atoms with van der Waals surface area (Å²) in [4.78, 5) is 49.6. The number of Topliss-reactive ketones (excluding diaryl/α,β-unsaturated/α-hetero) is 1. The molecular weight excluding hydrogens is 573 g/mol. The van der Waals surface area contributed by atoms with E-state index in [0.717, 1.165) is 0 Å². The zero-order chi connectivity index (χ0) is 32.6. The van der Waals surface area contributed by atoms with Crippen molar-refractivity contribution >= 4 is 29.3 Å². The van der Waals surface area contributed by atoms with Crippen molar-refractivity contribution in [3.05, 3.63) is 40.5 Å². The summed E-state index contributed by atoms with van der Waals surface area (Å²) in [7, 11) is 5.76. The van der Waals surface area contributed by atoms with E-state index >= 15 is 4.39 Å². The molecule has 3 unspecified atom stereocenters. The molecule has 4 rings (SSSR count). The number of amides is 1. The fourth-order valence-electron chi connectivity index (χ4n) is 6.00. The van der Waals surface area contributed by atoms with Gasteiger partial charge in [0, 0.05) is 31.9 Å². The standard InChI is InChI=1S/C31H42FN5O7/c1-17-28-24(14-31(3,4)15-25(28)39)36(35-17)20-11-22(32)29(30(33)41)23(12-20)34-19-8-9-42-27(10-19)44-26(40)13-21(43-18(2)38)16-37(5,6)7/h11-12,19,21,27H,8-10,13-16H2,1-7H3,(H2-,33,34,41)/p+1. The van der Waals surface area contributed by atoms with Gasteiger partial charge in [-0.15, -0.1) is 0 Å². The van der Waals surface area contributed by atoms with Crippen LogP contribution in [0.25, 0.3) is 5.69 Å². The number of halogens is 1. The minimum absolute atomic E-state index is 0.00739. The SMILES string of the molecule is CC(=O)OC(CC(=O)OC1CC(Nc2cc(-n3nc(C)c4c3CC(C)(C)CC4=O)cc(F)c2C(N)=O)CCO1)C[N+](C)(C)C. The van der Waals surface area contributed by atoms with Crippen LogP contribution in [0.2, 0.25) is 0 Å². The molecule has 0 saturated carbocycles. The number of aryl methyl sites for hydroxylation is 1. The van der Waals surface area contributed by atoms with E-state index in [0.29, 0.717) is 52.9 Å². The minimum atomic E-state index is -0.949. The van der Waals surface area contributed by atoms with E-state index in [2.05, 4.69) is 10.4 Å². The van der Waals surface area contributed by atoms with Gasteiger partial charge >= 0.3 is 11.9 Å². The van der Waals surface area contributed by atoms with E-state index < -0.39 is 36.1 Å². The van der Waals surface area contributed by atoms with E-state index in [1.165, 1.54) is 13.0 Å². The van der Waals surface area contributed by atoms with Crippen LogP contribution in [0, 0.1) is 18.2 Å². The number of nitrogens with one attached hydrogen (secondary N) is 1. The lowest BCUT2D eigenvalue weighted by atomic mass is 9.75. The topological polar surface area (TPSA) is 152 Å². The summed E-state index contributed by atoms with van der Waals surface area (Å²) in [6.45, 7) is 7.68. The number of nitrogens with zero attached hydrogens (tertiary/aromatic N) is 3. The molecule has 0 radical (unpaired) electrons. The number of ketones is 1. The summed E-state index contributed by atoms with van der Waals surface area (Å²) in [6, 6.07) is 2.42. The van der Waals surface area contributed by atoms with E-state index in [-0.39, 0.29) is 47.9 Å². The summed E-state index contributed by atoms with van der Waals surface area (Å²) in [5.41, 5.74) is 7.27. The summed E-state index contributed by atoms with van der Waals surface area (Å²) in [5.74, 6) is -2.86. The number of ether oxygens (including phenoxy) is 3. The highest BCUT2D eigenvalue weighted by molar-refractivity contribution is 6.00. The van der Waals surface area contributed by atoms with Crippen LogP contribution >= 0.6 is 0 Å². The van der Waals surface area contributed by atoms with Crippen molar-refractivity contribution in [1.29, 1.82) is 0 Å². The van der Waals surface area contributed by atoms with Crippen LogP contribution in [0.4, 0.5) is 10.1 Å². The second-order valence-electron chi connectivity index (χ2n) is 13.5. The number of carbonyl (C=O) groups excluding carboxylic acids is 4. The van der Waals surface area contributed by atoms with Gasteiger partial charge in [-0.05, 0) is 31.2 Å². The smallest absolute Gasteiger partial charge is 0.312 e. The van der Waals surface area contributed by atoms with Gasteiger partial charge in [0.05, 0.1) is 68.1 Å². The molecule has 1 aliphatic carbocycles. The summed E-state index contributed by atoms with van der Waals surface area (Å²) >= 11 is 0. The van der Waals surface area contributed by atoms with Crippen LogP contribution in [0.3, 0.4) is 0 Å². The molecular formula is C31H43FN5O7+. The third-order valence-corrected chi connectivity index (χ3v) is 7.63. The number of likely N-dealkylation sites (N-methyl/N-ethyl adjacent to an activating group) is 1. The Morgan fingerprint density at radius 2 is 1.95 bits per heavy atom. The molecule has 13 heteroatoms. The van der Waals surface area contributed by atoms with Gasteiger partial charge in [0.25, 0.3) is 5.91 Å². The van der Waals surface area contributed by atoms with Gasteiger partial charge in [-0.1, -0.05) is 13.8 Å². The predicted molar refractivity (Wildman–Crippen MR) is 159 cm³/mol. The van der Waals surface area contributed by atoms with Crippen LogP contribution in [-0.2, 0) is 30.2 Å². The summed E-state index contributed by atoms with van der Waals surface area (Å²) in [6.07, 6.45) is -0.0642. The number of anilines is 1. The number of nitrogens with two attached hydrogens (primary N) is 1. The fraction of sp³-hybridized carbons (Fsp3) is 0.581. The minimum Gasteiger partial charge on any atom is -0.456 e. The van der Waals surface area contributed by atoms with Gasteiger partial charge in [-0.3, -0.25) is 19.2 Å². The van der Waals surface area contributed by atoms with Gasteiger partial charge in [0.15, 0.2) is 11.9 Å². The Labute approximate surface area is 256 Å². The number of hydrogen-bond acceptors (Lipinski definition) is 9. The highest BCUT2D eigenvalue weighted by Crippen LogP contribution is 2.38. The number of quaternary nitrogens is 1. The lowest BCUT2D eigenvalue weighted by Crippen LogP contribution is -2.44. The fourth-order valence-corrected chi connectivity index (χ4v) is 6.00. The lowest BCUT2D eigenvalue weighted by Gasteiger charge is -2.32. The van der Waals surface area contributed by atoms with E-state index in [1.807, 2.05) is 35.0 Å². The van der Waals surface area contributed by atoms with Gasteiger partial charge < -0.3 is 29.7 Å². The van der Waals surface area contributed by atoms with Crippen molar-refractivity contribution in [2.75, 3.05) is 39.6 Å². The number of rotatable bonds is 10. The molecule has 3 N–H and O–H groups in total. The number of carbonyl (C=O) groups is 4. The Kier molecular flexibility index (Phi) is 9.50. The molecule has 1 aromatic carbocycles. The molecule has 3 atom stereocenters. The molecule has 12 nitrogen and oxygen atoms in total. The van der Waals surface area contributed by atoms with Crippen LogP contribution in [0.5, 0.6) is 0 Å². The monoisotopic (exact) mass is 616 g/mol. The maximum atomic E-state index is 15.5. The Hall–Kier alpha value is -3.84.